The van der Waals surface area contributed by atoms with Crippen molar-refractivity contribution in [3.8, 4) is 11.1 Å². The summed E-state index contributed by atoms with van der Waals surface area (Å²) in [5.41, 5.74) is 9.08. The smallest absolute Gasteiger partial charge is 0.256 e. The van der Waals surface area contributed by atoms with E-state index < -0.39 is 5.82 Å². The highest BCUT2D eigenvalue weighted by Crippen LogP contribution is 2.24. The number of fused-ring (bicyclic) bond motifs is 1. The summed E-state index contributed by atoms with van der Waals surface area (Å²) in [7, 11) is 0. The normalized spacial score (nSPS) is 10.7. The van der Waals surface area contributed by atoms with Gasteiger partial charge in [0.25, 0.3) is 5.91 Å². The van der Waals surface area contributed by atoms with Crippen molar-refractivity contribution in [2.45, 2.75) is 0 Å². The molecular formula is C20H14FN5O. The summed E-state index contributed by atoms with van der Waals surface area (Å²) in [6, 6.07) is 10.8. The average molecular weight is 359 g/mol. The molecule has 0 saturated heterocycles. The number of rotatable bonds is 3. The van der Waals surface area contributed by atoms with Crippen molar-refractivity contribution < 1.29 is 9.18 Å². The van der Waals surface area contributed by atoms with Gasteiger partial charge in [0.1, 0.15) is 11.6 Å². The van der Waals surface area contributed by atoms with Crippen LogP contribution in [0.5, 0.6) is 0 Å². The van der Waals surface area contributed by atoms with E-state index in [0.717, 1.165) is 16.5 Å². The van der Waals surface area contributed by atoms with Crippen LogP contribution in [0.15, 0.2) is 67.3 Å². The van der Waals surface area contributed by atoms with E-state index in [1.807, 2.05) is 12.1 Å². The molecule has 4 aromatic rings. The van der Waals surface area contributed by atoms with Crippen LogP contribution in [-0.4, -0.2) is 20.9 Å². The maximum Gasteiger partial charge on any atom is 0.256 e. The molecule has 0 fully saturated rings. The van der Waals surface area contributed by atoms with Gasteiger partial charge >= 0.3 is 0 Å². The molecule has 0 aliphatic rings. The summed E-state index contributed by atoms with van der Waals surface area (Å²) >= 11 is 0. The van der Waals surface area contributed by atoms with Crippen molar-refractivity contribution in [1.82, 2.24) is 15.0 Å². The number of carbonyl (C=O) groups is 1. The number of hydrogen-bond acceptors (Lipinski definition) is 5. The topological polar surface area (TPSA) is 93.8 Å². The van der Waals surface area contributed by atoms with Crippen molar-refractivity contribution >= 4 is 28.3 Å². The van der Waals surface area contributed by atoms with E-state index >= 15 is 0 Å². The van der Waals surface area contributed by atoms with Gasteiger partial charge in [-0.05, 0) is 42.5 Å². The molecule has 7 heteroatoms. The average Bonchev–Trinajstić information content (AvgIpc) is 2.68. The van der Waals surface area contributed by atoms with Gasteiger partial charge in [-0.25, -0.2) is 9.37 Å². The summed E-state index contributed by atoms with van der Waals surface area (Å²) in [6.45, 7) is 0. The summed E-state index contributed by atoms with van der Waals surface area (Å²) in [5, 5.41) is 3.51. The van der Waals surface area contributed by atoms with Gasteiger partial charge in [-0.3, -0.25) is 14.8 Å². The first-order valence-electron chi connectivity index (χ1n) is 8.12. The lowest BCUT2D eigenvalue weighted by Gasteiger charge is -2.07. The van der Waals surface area contributed by atoms with E-state index in [9.17, 15) is 9.18 Å². The van der Waals surface area contributed by atoms with E-state index in [1.165, 1.54) is 24.3 Å². The van der Waals surface area contributed by atoms with Gasteiger partial charge in [-0.2, -0.15) is 0 Å². The number of carbonyl (C=O) groups excluding carboxylic acids is 1. The van der Waals surface area contributed by atoms with Gasteiger partial charge in [0.05, 0.1) is 17.4 Å². The summed E-state index contributed by atoms with van der Waals surface area (Å²) < 4.78 is 13.0. The molecule has 4 rings (SSSR count). The fraction of sp³-hybridized carbons (Fsp3) is 0. The minimum Gasteiger partial charge on any atom is -0.397 e. The van der Waals surface area contributed by atoms with Gasteiger partial charge in [-0.15, -0.1) is 0 Å². The predicted octanol–water partition coefficient (Wildman–Crippen LogP) is 3.67. The third-order valence-electron chi connectivity index (χ3n) is 4.01. The van der Waals surface area contributed by atoms with E-state index in [-0.39, 0.29) is 5.91 Å². The van der Waals surface area contributed by atoms with Gasteiger partial charge in [0.15, 0.2) is 0 Å². The summed E-state index contributed by atoms with van der Waals surface area (Å²) in [6.07, 6.45) is 6.58. The molecule has 0 radical (unpaired) electrons. The van der Waals surface area contributed by atoms with E-state index in [2.05, 4.69) is 20.3 Å². The number of nitrogens with two attached hydrogens (primary N) is 1. The quantitative estimate of drug-likeness (QED) is 0.582. The van der Waals surface area contributed by atoms with Crippen LogP contribution in [0.3, 0.4) is 0 Å². The van der Waals surface area contributed by atoms with E-state index in [4.69, 9.17) is 5.73 Å². The molecule has 132 valence electrons. The summed E-state index contributed by atoms with van der Waals surface area (Å²) in [4.78, 5) is 25.0. The van der Waals surface area contributed by atoms with Gasteiger partial charge < -0.3 is 11.1 Å². The number of nitrogen functional groups attached to an aromatic ring is 1. The molecule has 3 heterocycles. The van der Waals surface area contributed by atoms with Crippen molar-refractivity contribution in [1.29, 1.82) is 0 Å². The third kappa shape index (κ3) is 3.57. The molecule has 0 aliphatic carbocycles. The van der Waals surface area contributed by atoms with Gasteiger partial charge in [0, 0.05) is 40.7 Å². The number of halogens is 1. The monoisotopic (exact) mass is 359 g/mol. The Hall–Kier alpha value is -3.87. The third-order valence-corrected chi connectivity index (χ3v) is 4.01. The second-order valence-electron chi connectivity index (χ2n) is 5.95. The van der Waals surface area contributed by atoms with Crippen LogP contribution < -0.4 is 11.1 Å². The van der Waals surface area contributed by atoms with Crippen molar-refractivity contribution in [3.63, 3.8) is 0 Å². The lowest BCUT2D eigenvalue weighted by Crippen LogP contribution is -2.12. The van der Waals surface area contributed by atoms with Crippen molar-refractivity contribution in [3.05, 3.63) is 78.6 Å². The lowest BCUT2D eigenvalue weighted by molar-refractivity contribution is 0.102. The number of pyridine rings is 3. The zero-order chi connectivity index (χ0) is 18.8. The molecule has 0 bridgehead atoms. The minimum atomic E-state index is -0.398. The Kier molecular flexibility index (Phi) is 4.18. The lowest BCUT2D eigenvalue weighted by atomic mass is 10.1. The fourth-order valence-electron chi connectivity index (χ4n) is 2.66. The molecule has 0 unspecified atom stereocenters. The molecule has 1 aromatic carbocycles. The molecule has 0 aliphatic heterocycles. The Morgan fingerprint density at radius 3 is 2.48 bits per heavy atom. The number of nitrogens with one attached hydrogen (secondary N) is 1. The van der Waals surface area contributed by atoms with Crippen molar-refractivity contribution in [2.75, 3.05) is 11.1 Å². The number of hydrogen-bond donors (Lipinski definition) is 2. The first-order valence-corrected chi connectivity index (χ1v) is 8.12. The number of aromatic nitrogens is 3. The SMILES string of the molecule is Nc1cncc(-c2cnc3cnc(NC(=O)c4ccc(F)cc4)cc3c2)c1. The largest absolute Gasteiger partial charge is 0.397 e. The molecule has 0 saturated carbocycles. The Morgan fingerprint density at radius 1 is 0.926 bits per heavy atom. The van der Waals surface area contributed by atoms with E-state index in [1.54, 1.807) is 30.9 Å². The summed E-state index contributed by atoms with van der Waals surface area (Å²) in [5.74, 6) is -0.391. The standard InChI is InChI=1S/C20H14FN5O/c21-16-3-1-12(2-4-16)20(27)26-19-7-13-5-14(9-24-18(13)11-25-19)15-6-17(22)10-23-8-15/h1-11H,22H2,(H,25,26,27). The van der Waals surface area contributed by atoms with Crippen LogP contribution >= 0.6 is 0 Å². The van der Waals surface area contributed by atoms with Crippen molar-refractivity contribution in [2.24, 2.45) is 0 Å². The number of benzene rings is 1. The number of amides is 1. The van der Waals surface area contributed by atoms with Crippen LogP contribution in [-0.2, 0) is 0 Å². The molecular weight excluding hydrogens is 345 g/mol. The van der Waals surface area contributed by atoms with Gasteiger partial charge in [0.2, 0.25) is 0 Å². The second kappa shape index (κ2) is 6.80. The highest BCUT2D eigenvalue weighted by Gasteiger charge is 2.09. The molecule has 0 atom stereocenters. The minimum absolute atomic E-state index is 0.344. The molecule has 3 aromatic heterocycles. The van der Waals surface area contributed by atoms with E-state index in [0.29, 0.717) is 22.6 Å². The number of anilines is 2. The zero-order valence-electron chi connectivity index (χ0n) is 14.1. The van der Waals surface area contributed by atoms with Crippen LogP contribution in [0.2, 0.25) is 0 Å². The highest BCUT2D eigenvalue weighted by atomic mass is 19.1. The molecule has 0 spiro atoms. The zero-order valence-corrected chi connectivity index (χ0v) is 14.1. The molecule has 6 nitrogen and oxygen atoms in total. The maximum absolute atomic E-state index is 13.0. The Balaban J connectivity index is 1.64. The fourth-order valence-corrected chi connectivity index (χ4v) is 2.66. The molecule has 1 amide bonds. The Bertz CT molecular complexity index is 1140. The Morgan fingerprint density at radius 2 is 1.70 bits per heavy atom. The van der Waals surface area contributed by atoms with Crippen LogP contribution in [0.1, 0.15) is 10.4 Å². The maximum atomic E-state index is 13.0. The first-order chi connectivity index (χ1) is 13.1. The highest BCUT2D eigenvalue weighted by molar-refractivity contribution is 6.04. The first kappa shape index (κ1) is 16.6. The van der Waals surface area contributed by atoms with Crippen LogP contribution in [0.4, 0.5) is 15.9 Å². The number of nitrogens with zero attached hydrogens (tertiary/aromatic N) is 3. The Labute approximate surface area is 153 Å². The molecule has 27 heavy (non-hydrogen) atoms. The van der Waals surface area contributed by atoms with Gasteiger partial charge in [-0.1, -0.05) is 0 Å². The predicted molar refractivity (Wildman–Crippen MR) is 102 cm³/mol. The second-order valence-corrected chi connectivity index (χ2v) is 5.95. The van der Waals surface area contributed by atoms with Crippen LogP contribution in [0.25, 0.3) is 22.0 Å². The van der Waals surface area contributed by atoms with Crippen LogP contribution in [0, 0.1) is 5.82 Å². The molecule has 3 N–H and O–H groups in total.